The monoisotopic (exact) mass is 400 g/mol. The summed E-state index contributed by atoms with van der Waals surface area (Å²) in [5, 5.41) is 6.32. The van der Waals surface area contributed by atoms with Crippen LogP contribution in [-0.2, 0) is 6.54 Å². The van der Waals surface area contributed by atoms with Gasteiger partial charge in [0, 0.05) is 13.1 Å². The van der Waals surface area contributed by atoms with Crippen molar-refractivity contribution < 1.29 is 23.2 Å². The number of halogens is 1. The molecule has 0 saturated carbocycles. The van der Waals surface area contributed by atoms with E-state index in [0.29, 0.717) is 23.2 Å². The van der Waals surface area contributed by atoms with Gasteiger partial charge in [0.2, 0.25) is 5.89 Å². The summed E-state index contributed by atoms with van der Waals surface area (Å²) in [6.45, 7) is 3.71. The number of hydrogen-bond acceptors (Lipinski definition) is 6. The summed E-state index contributed by atoms with van der Waals surface area (Å²) in [6, 6.07) is 8.79. The van der Waals surface area contributed by atoms with E-state index >= 15 is 0 Å². The number of benzene rings is 2. The van der Waals surface area contributed by atoms with Crippen LogP contribution in [0.4, 0.5) is 14.9 Å². The SMILES string of the molecule is COc1cc(C)ccc1Oc1ccc(F)cc1NC(=O)N(C)Cc1nc(C)no1. The number of ether oxygens (including phenoxy) is 2. The van der Waals surface area contributed by atoms with Crippen molar-refractivity contribution in [2.45, 2.75) is 20.4 Å². The number of rotatable bonds is 6. The van der Waals surface area contributed by atoms with Crippen LogP contribution in [0, 0.1) is 19.7 Å². The Morgan fingerprint density at radius 2 is 1.93 bits per heavy atom. The molecule has 0 bridgehead atoms. The number of nitrogens with zero attached hydrogens (tertiary/aromatic N) is 3. The highest BCUT2D eigenvalue weighted by molar-refractivity contribution is 5.90. The average molecular weight is 400 g/mol. The van der Waals surface area contributed by atoms with Crippen molar-refractivity contribution in [3.8, 4) is 17.2 Å². The van der Waals surface area contributed by atoms with E-state index in [-0.39, 0.29) is 18.0 Å². The topological polar surface area (TPSA) is 89.7 Å². The lowest BCUT2D eigenvalue weighted by Crippen LogP contribution is -2.31. The number of carbonyl (C=O) groups is 1. The third kappa shape index (κ3) is 5.01. The minimum absolute atomic E-state index is 0.101. The molecule has 0 saturated heterocycles. The lowest BCUT2D eigenvalue weighted by molar-refractivity contribution is 0.213. The molecule has 2 aromatic carbocycles. The Hall–Kier alpha value is -3.62. The highest BCUT2D eigenvalue weighted by atomic mass is 19.1. The van der Waals surface area contributed by atoms with E-state index in [2.05, 4.69) is 15.5 Å². The van der Waals surface area contributed by atoms with Gasteiger partial charge in [-0.15, -0.1) is 0 Å². The van der Waals surface area contributed by atoms with Gasteiger partial charge in [-0.2, -0.15) is 4.98 Å². The number of urea groups is 1. The van der Waals surface area contributed by atoms with Crippen molar-refractivity contribution in [2.24, 2.45) is 0 Å². The maximum absolute atomic E-state index is 13.8. The molecule has 0 unspecified atom stereocenters. The van der Waals surface area contributed by atoms with Crippen LogP contribution < -0.4 is 14.8 Å². The zero-order chi connectivity index (χ0) is 21.0. The normalized spacial score (nSPS) is 10.5. The molecule has 1 aromatic heterocycles. The van der Waals surface area contributed by atoms with E-state index in [0.717, 1.165) is 5.56 Å². The maximum atomic E-state index is 13.8. The molecule has 0 aliphatic heterocycles. The van der Waals surface area contributed by atoms with Crippen LogP contribution >= 0.6 is 0 Å². The van der Waals surface area contributed by atoms with E-state index in [1.165, 1.54) is 30.2 Å². The Morgan fingerprint density at radius 3 is 2.62 bits per heavy atom. The van der Waals surface area contributed by atoms with Gasteiger partial charge in [0.25, 0.3) is 0 Å². The molecule has 0 spiro atoms. The van der Waals surface area contributed by atoms with Crippen LogP contribution in [0.1, 0.15) is 17.3 Å². The van der Waals surface area contributed by atoms with Gasteiger partial charge in [-0.05, 0) is 43.7 Å². The van der Waals surface area contributed by atoms with E-state index in [1.807, 2.05) is 19.1 Å². The standard InChI is InChI=1S/C20H21FN4O4/c1-12-5-7-17(18(9-12)27-4)28-16-8-6-14(21)10-15(16)23-20(26)25(3)11-19-22-13(2)24-29-19/h5-10H,11H2,1-4H3,(H,23,26). The van der Waals surface area contributed by atoms with Gasteiger partial charge in [0.05, 0.1) is 12.8 Å². The summed E-state index contributed by atoms with van der Waals surface area (Å²) in [7, 11) is 3.08. The van der Waals surface area contributed by atoms with Crippen LogP contribution in [0.25, 0.3) is 0 Å². The molecule has 152 valence electrons. The number of hydrogen-bond donors (Lipinski definition) is 1. The van der Waals surface area contributed by atoms with Gasteiger partial charge in [-0.1, -0.05) is 11.2 Å². The van der Waals surface area contributed by atoms with Crippen LogP contribution in [0.3, 0.4) is 0 Å². The molecular weight excluding hydrogens is 379 g/mol. The van der Waals surface area contributed by atoms with Crippen molar-refractivity contribution in [3.63, 3.8) is 0 Å². The number of amides is 2. The first-order valence-electron chi connectivity index (χ1n) is 8.79. The largest absolute Gasteiger partial charge is 0.493 e. The fraction of sp³-hybridized carbons (Fsp3) is 0.250. The van der Waals surface area contributed by atoms with Crippen LogP contribution in [-0.4, -0.2) is 35.2 Å². The molecule has 29 heavy (non-hydrogen) atoms. The highest BCUT2D eigenvalue weighted by Gasteiger charge is 2.17. The molecule has 0 radical (unpaired) electrons. The molecule has 0 aliphatic carbocycles. The molecule has 1 N–H and O–H groups in total. The van der Waals surface area contributed by atoms with Gasteiger partial charge >= 0.3 is 6.03 Å². The molecule has 3 aromatic rings. The van der Waals surface area contributed by atoms with Crippen LogP contribution in [0.15, 0.2) is 40.9 Å². The Morgan fingerprint density at radius 1 is 1.17 bits per heavy atom. The molecule has 0 fully saturated rings. The Kier molecular flexibility index (Phi) is 5.96. The summed E-state index contributed by atoms with van der Waals surface area (Å²) in [4.78, 5) is 17.9. The first kappa shape index (κ1) is 20.1. The highest BCUT2D eigenvalue weighted by Crippen LogP contribution is 2.36. The van der Waals surface area contributed by atoms with Crippen molar-refractivity contribution >= 4 is 11.7 Å². The Bertz CT molecular complexity index is 1020. The quantitative estimate of drug-likeness (QED) is 0.664. The predicted molar refractivity (Wildman–Crippen MR) is 104 cm³/mol. The average Bonchev–Trinajstić information content (AvgIpc) is 3.09. The summed E-state index contributed by atoms with van der Waals surface area (Å²) in [5.74, 6) is 1.48. The minimum Gasteiger partial charge on any atom is -0.493 e. The van der Waals surface area contributed by atoms with Gasteiger partial charge in [-0.3, -0.25) is 0 Å². The molecule has 2 amide bonds. The Balaban J connectivity index is 1.79. The van der Waals surface area contributed by atoms with Gasteiger partial charge in [-0.25, -0.2) is 9.18 Å². The van der Waals surface area contributed by atoms with Crippen LogP contribution in [0.5, 0.6) is 17.2 Å². The third-order valence-corrected chi connectivity index (χ3v) is 4.01. The smallest absolute Gasteiger partial charge is 0.322 e. The zero-order valence-electron chi connectivity index (χ0n) is 16.5. The number of aryl methyl sites for hydroxylation is 2. The van der Waals surface area contributed by atoms with Crippen molar-refractivity contribution in [3.05, 3.63) is 59.5 Å². The Labute approximate surface area is 167 Å². The lowest BCUT2D eigenvalue weighted by atomic mass is 10.2. The molecule has 3 rings (SSSR count). The molecule has 0 aliphatic rings. The first-order valence-corrected chi connectivity index (χ1v) is 8.79. The molecule has 0 atom stereocenters. The van der Waals surface area contributed by atoms with E-state index in [9.17, 15) is 9.18 Å². The van der Waals surface area contributed by atoms with Crippen molar-refractivity contribution in [1.82, 2.24) is 15.0 Å². The number of nitrogens with one attached hydrogen (secondary N) is 1. The first-order chi connectivity index (χ1) is 13.9. The zero-order valence-corrected chi connectivity index (χ0v) is 16.5. The fourth-order valence-corrected chi connectivity index (χ4v) is 2.56. The van der Waals surface area contributed by atoms with Gasteiger partial charge in [0.1, 0.15) is 12.4 Å². The van der Waals surface area contributed by atoms with E-state index in [4.69, 9.17) is 14.0 Å². The summed E-state index contributed by atoms with van der Waals surface area (Å²) < 4.78 is 30.0. The minimum atomic E-state index is -0.515. The number of aromatic nitrogens is 2. The second kappa shape index (κ2) is 8.59. The molecule has 8 nitrogen and oxygen atoms in total. The fourth-order valence-electron chi connectivity index (χ4n) is 2.56. The summed E-state index contributed by atoms with van der Waals surface area (Å²) >= 11 is 0. The molecule has 9 heteroatoms. The van der Waals surface area contributed by atoms with Gasteiger partial charge < -0.3 is 24.2 Å². The molecular formula is C20H21FN4O4. The predicted octanol–water partition coefficient (Wildman–Crippen LogP) is 4.29. The second-order valence-corrected chi connectivity index (χ2v) is 6.42. The summed E-state index contributed by atoms with van der Waals surface area (Å²) in [6.07, 6.45) is 0. The molecule has 1 heterocycles. The van der Waals surface area contributed by atoms with E-state index < -0.39 is 11.8 Å². The number of anilines is 1. The third-order valence-electron chi connectivity index (χ3n) is 4.01. The maximum Gasteiger partial charge on any atom is 0.322 e. The van der Waals surface area contributed by atoms with Crippen molar-refractivity contribution in [1.29, 1.82) is 0 Å². The summed E-state index contributed by atoms with van der Waals surface area (Å²) in [5.41, 5.74) is 1.17. The van der Waals surface area contributed by atoms with Gasteiger partial charge in [0.15, 0.2) is 23.1 Å². The number of carbonyl (C=O) groups excluding carboxylic acids is 1. The van der Waals surface area contributed by atoms with Crippen LogP contribution in [0.2, 0.25) is 0 Å². The second-order valence-electron chi connectivity index (χ2n) is 6.42. The lowest BCUT2D eigenvalue weighted by Gasteiger charge is -2.18. The van der Waals surface area contributed by atoms with E-state index in [1.54, 1.807) is 20.0 Å². The number of methoxy groups -OCH3 is 1. The van der Waals surface area contributed by atoms with Crippen molar-refractivity contribution in [2.75, 3.05) is 19.5 Å².